The average molecular weight is 228 g/mol. The molecule has 96 valence electrons. The lowest BCUT2D eigenvalue weighted by molar-refractivity contribution is 0.0170. The summed E-state index contributed by atoms with van der Waals surface area (Å²) in [7, 11) is 0. The maximum absolute atomic E-state index is 5.66. The molecule has 1 fully saturated rings. The Morgan fingerprint density at radius 2 is 2.00 bits per heavy atom. The van der Waals surface area contributed by atoms with Crippen molar-refractivity contribution in [1.29, 1.82) is 0 Å². The fraction of sp³-hybridized carbons (Fsp3) is 1.00. The fourth-order valence-corrected chi connectivity index (χ4v) is 1.96. The van der Waals surface area contributed by atoms with Crippen LogP contribution in [0.15, 0.2) is 0 Å². The van der Waals surface area contributed by atoms with E-state index in [1.165, 1.54) is 25.7 Å². The van der Waals surface area contributed by atoms with Gasteiger partial charge in [-0.2, -0.15) is 0 Å². The van der Waals surface area contributed by atoms with Gasteiger partial charge in [-0.25, -0.2) is 0 Å². The van der Waals surface area contributed by atoms with Gasteiger partial charge < -0.3 is 15.4 Å². The van der Waals surface area contributed by atoms with E-state index in [-0.39, 0.29) is 0 Å². The summed E-state index contributed by atoms with van der Waals surface area (Å²) < 4.78 is 5.66. The topological polar surface area (TPSA) is 33.3 Å². The molecule has 16 heavy (non-hydrogen) atoms. The first-order chi connectivity index (χ1) is 7.79. The van der Waals surface area contributed by atoms with Gasteiger partial charge >= 0.3 is 0 Å². The maximum atomic E-state index is 5.66. The Bertz CT molecular complexity index is 156. The molecule has 0 aromatic rings. The number of hydrogen-bond donors (Lipinski definition) is 2. The van der Waals surface area contributed by atoms with E-state index < -0.39 is 0 Å². The average Bonchev–Trinajstić information content (AvgIpc) is 2.29. The predicted octanol–water partition coefficient (Wildman–Crippen LogP) is 1.78. The largest absolute Gasteiger partial charge is 0.377 e. The maximum Gasteiger partial charge on any atom is 0.0699 e. The molecule has 1 atom stereocenters. The van der Waals surface area contributed by atoms with Gasteiger partial charge in [-0.05, 0) is 51.2 Å². The SMILES string of the molecule is CC(C)CNCCCNCC1CCCCO1. The molecule has 0 spiro atoms. The van der Waals surface area contributed by atoms with Crippen molar-refractivity contribution >= 4 is 0 Å². The third kappa shape index (κ3) is 7.20. The van der Waals surface area contributed by atoms with Crippen molar-refractivity contribution in [3.05, 3.63) is 0 Å². The predicted molar refractivity (Wildman–Crippen MR) is 68.8 cm³/mol. The van der Waals surface area contributed by atoms with Crippen LogP contribution in [0.4, 0.5) is 0 Å². The summed E-state index contributed by atoms with van der Waals surface area (Å²) >= 11 is 0. The van der Waals surface area contributed by atoms with Crippen molar-refractivity contribution in [1.82, 2.24) is 10.6 Å². The highest BCUT2D eigenvalue weighted by Gasteiger charge is 2.12. The second kappa shape index (κ2) is 8.97. The highest BCUT2D eigenvalue weighted by molar-refractivity contribution is 4.66. The van der Waals surface area contributed by atoms with Crippen LogP contribution < -0.4 is 10.6 Å². The van der Waals surface area contributed by atoms with Crippen LogP contribution in [0.5, 0.6) is 0 Å². The zero-order valence-electron chi connectivity index (χ0n) is 10.9. The van der Waals surface area contributed by atoms with Crippen molar-refractivity contribution in [2.75, 3.05) is 32.8 Å². The summed E-state index contributed by atoms with van der Waals surface area (Å²) in [5.74, 6) is 0.753. The van der Waals surface area contributed by atoms with Gasteiger partial charge in [0.1, 0.15) is 0 Å². The molecule has 0 aromatic carbocycles. The van der Waals surface area contributed by atoms with Crippen LogP contribution in [0.3, 0.4) is 0 Å². The van der Waals surface area contributed by atoms with E-state index in [1.807, 2.05) is 0 Å². The minimum absolute atomic E-state index is 0.470. The van der Waals surface area contributed by atoms with Gasteiger partial charge in [0.05, 0.1) is 6.10 Å². The molecule has 0 bridgehead atoms. The molecule has 1 aliphatic heterocycles. The molecule has 1 aliphatic rings. The summed E-state index contributed by atoms with van der Waals surface area (Å²) in [6.07, 6.45) is 5.49. The van der Waals surface area contributed by atoms with Crippen LogP contribution >= 0.6 is 0 Å². The van der Waals surface area contributed by atoms with E-state index in [0.717, 1.165) is 38.7 Å². The van der Waals surface area contributed by atoms with Crippen molar-refractivity contribution in [3.63, 3.8) is 0 Å². The third-order valence-electron chi connectivity index (χ3n) is 2.91. The Hall–Kier alpha value is -0.120. The molecule has 0 aromatic heterocycles. The van der Waals surface area contributed by atoms with Gasteiger partial charge in [-0.15, -0.1) is 0 Å². The third-order valence-corrected chi connectivity index (χ3v) is 2.91. The van der Waals surface area contributed by atoms with Crippen LogP contribution in [0.25, 0.3) is 0 Å². The molecule has 2 N–H and O–H groups in total. The molecule has 0 aliphatic carbocycles. The first-order valence-corrected chi connectivity index (χ1v) is 6.82. The minimum Gasteiger partial charge on any atom is -0.377 e. The zero-order valence-corrected chi connectivity index (χ0v) is 10.9. The summed E-state index contributed by atoms with van der Waals surface area (Å²) in [6, 6.07) is 0. The second-order valence-corrected chi connectivity index (χ2v) is 5.14. The van der Waals surface area contributed by atoms with E-state index in [0.29, 0.717) is 6.10 Å². The monoisotopic (exact) mass is 228 g/mol. The first kappa shape index (κ1) is 13.9. The highest BCUT2D eigenvalue weighted by Crippen LogP contribution is 2.11. The molecule has 3 nitrogen and oxygen atoms in total. The van der Waals surface area contributed by atoms with E-state index in [9.17, 15) is 0 Å². The number of nitrogens with one attached hydrogen (secondary N) is 2. The van der Waals surface area contributed by atoms with E-state index in [1.54, 1.807) is 0 Å². The normalized spacial score (nSPS) is 21.6. The van der Waals surface area contributed by atoms with Crippen LogP contribution in [-0.2, 0) is 4.74 Å². The Kier molecular flexibility index (Phi) is 7.81. The van der Waals surface area contributed by atoms with Crippen molar-refractivity contribution in [2.24, 2.45) is 5.92 Å². The van der Waals surface area contributed by atoms with Crippen LogP contribution in [-0.4, -0.2) is 38.9 Å². The van der Waals surface area contributed by atoms with Gasteiger partial charge in [0, 0.05) is 13.2 Å². The lowest BCUT2D eigenvalue weighted by atomic mass is 10.1. The van der Waals surface area contributed by atoms with Crippen LogP contribution in [0.1, 0.15) is 39.5 Å². The number of rotatable bonds is 8. The molecule has 0 radical (unpaired) electrons. The lowest BCUT2D eigenvalue weighted by Crippen LogP contribution is -2.33. The van der Waals surface area contributed by atoms with Gasteiger partial charge in [0.15, 0.2) is 0 Å². The highest BCUT2D eigenvalue weighted by atomic mass is 16.5. The molecular formula is C13H28N2O. The summed E-state index contributed by atoms with van der Waals surface area (Å²) in [5, 5.41) is 6.93. The number of hydrogen-bond acceptors (Lipinski definition) is 3. The molecular weight excluding hydrogens is 200 g/mol. The molecule has 0 amide bonds. The summed E-state index contributed by atoms with van der Waals surface area (Å²) in [4.78, 5) is 0. The Labute approximate surface area is 100 Å². The minimum atomic E-state index is 0.470. The molecule has 1 rings (SSSR count). The zero-order chi connectivity index (χ0) is 11.6. The molecule has 1 saturated heterocycles. The Balaban J connectivity index is 1.80. The Morgan fingerprint density at radius 3 is 2.69 bits per heavy atom. The molecule has 1 unspecified atom stereocenters. The van der Waals surface area contributed by atoms with Crippen molar-refractivity contribution < 1.29 is 4.74 Å². The van der Waals surface area contributed by atoms with Crippen molar-refractivity contribution in [2.45, 2.75) is 45.6 Å². The van der Waals surface area contributed by atoms with Gasteiger partial charge in [0.2, 0.25) is 0 Å². The first-order valence-electron chi connectivity index (χ1n) is 6.82. The summed E-state index contributed by atoms with van der Waals surface area (Å²) in [6.45, 7) is 9.83. The van der Waals surface area contributed by atoms with Gasteiger partial charge in [-0.1, -0.05) is 13.8 Å². The number of ether oxygens (including phenoxy) is 1. The van der Waals surface area contributed by atoms with Gasteiger partial charge in [0.25, 0.3) is 0 Å². The smallest absolute Gasteiger partial charge is 0.0699 e. The lowest BCUT2D eigenvalue weighted by Gasteiger charge is -2.22. The van der Waals surface area contributed by atoms with Crippen molar-refractivity contribution in [3.8, 4) is 0 Å². The standard InChI is InChI=1S/C13H28N2O/c1-12(2)10-14-7-5-8-15-11-13-6-3-4-9-16-13/h12-15H,3-11H2,1-2H3. The van der Waals surface area contributed by atoms with E-state index >= 15 is 0 Å². The fourth-order valence-electron chi connectivity index (χ4n) is 1.96. The van der Waals surface area contributed by atoms with Gasteiger partial charge in [-0.3, -0.25) is 0 Å². The molecule has 3 heteroatoms. The summed E-state index contributed by atoms with van der Waals surface area (Å²) in [5.41, 5.74) is 0. The van der Waals surface area contributed by atoms with E-state index in [4.69, 9.17) is 4.74 Å². The van der Waals surface area contributed by atoms with E-state index in [2.05, 4.69) is 24.5 Å². The quantitative estimate of drug-likeness (QED) is 0.621. The second-order valence-electron chi connectivity index (χ2n) is 5.14. The van der Waals surface area contributed by atoms with Crippen LogP contribution in [0, 0.1) is 5.92 Å². The molecule has 1 heterocycles. The Morgan fingerprint density at radius 1 is 1.19 bits per heavy atom. The van der Waals surface area contributed by atoms with Crippen LogP contribution in [0.2, 0.25) is 0 Å². The molecule has 0 saturated carbocycles.